The maximum Gasteiger partial charge on any atom is 0.119 e. The molecule has 0 amide bonds. The average molecular weight is 343 g/mol. The number of aromatic nitrogens is 1. The number of allylic oxidation sites excluding steroid dienone is 1. The van der Waals surface area contributed by atoms with Crippen molar-refractivity contribution in [1.82, 2.24) is 9.47 Å². The second kappa shape index (κ2) is 8.22. The van der Waals surface area contributed by atoms with Crippen LogP contribution in [0.15, 0.2) is 60.3 Å². The molecule has 0 unspecified atom stereocenters. The van der Waals surface area contributed by atoms with Gasteiger partial charge in [0.2, 0.25) is 0 Å². The summed E-state index contributed by atoms with van der Waals surface area (Å²) in [4.78, 5) is 2.33. The van der Waals surface area contributed by atoms with E-state index in [1.165, 1.54) is 11.3 Å². The Morgan fingerprint density at radius 1 is 1.17 bits per heavy atom. The number of rotatable bonds is 6. The number of nitrogens with zero attached hydrogens (tertiary/aromatic N) is 2. The van der Waals surface area contributed by atoms with Crippen LogP contribution in [0.3, 0.4) is 0 Å². The van der Waals surface area contributed by atoms with E-state index in [-0.39, 0.29) is 0 Å². The van der Waals surface area contributed by atoms with Crippen LogP contribution in [-0.4, -0.2) is 36.2 Å². The van der Waals surface area contributed by atoms with Crippen LogP contribution >= 0.6 is 11.6 Å². The van der Waals surface area contributed by atoms with Gasteiger partial charge in [-0.1, -0.05) is 23.8 Å². The van der Waals surface area contributed by atoms with E-state index >= 15 is 0 Å². The monoisotopic (exact) mass is 342 g/mol. The molecule has 3 rings (SSSR count). The quantitative estimate of drug-likeness (QED) is 0.769. The third-order valence-corrected chi connectivity index (χ3v) is 4.45. The van der Waals surface area contributed by atoms with Crippen LogP contribution in [0.4, 0.5) is 0 Å². The van der Waals surface area contributed by atoms with Crippen molar-refractivity contribution in [1.29, 1.82) is 0 Å². The predicted molar refractivity (Wildman–Crippen MR) is 101 cm³/mol. The van der Waals surface area contributed by atoms with E-state index in [9.17, 15) is 0 Å². The van der Waals surface area contributed by atoms with Crippen LogP contribution in [-0.2, 0) is 6.54 Å². The van der Waals surface area contributed by atoms with Crippen LogP contribution in [0.25, 0.3) is 6.08 Å². The van der Waals surface area contributed by atoms with Gasteiger partial charge in [0.25, 0.3) is 0 Å². The van der Waals surface area contributed by atoms with Crippen LogP contribution in [0.5, 0.6) is 5.75 Å². The van der Waals surface area contributed by atoms with Crippen molar-refractivity contribution in [3.05, 3.63) is 71.0 Å². The molecule has 0 spiro atoms. The third-order valence-electron chi connectivity index (χ3n) is 4.19. The lowest BCUT2D eigenvalue weighted by Gasteiger charge is -2.20. The Morgan fingerprint density at radius 2 is 2.00 bits per heavy atom. The van der Waals surface area contributed by atoms with Crippen molar-refractivity contribution in [2.75, 3.05) is 26.7 Å². The number of likely N-dealkylation sites (N-methyl/N-ethyl adjacent to an activating group) is 1. The summed E-state index contributed by atoms with van der Waals surface area (Å²) >= 11 is 5.88. The molecule has 24 heavy (non-hydrogen) atoms. The highest BCUT2D eigenvalue weighted by Gasteiger charge is 2.05. The Labute approximate surface area is 148 Å². The van der Waals surface area contributed by atoms with E-state index in [1.807, 2.05) is 24.3 Å². The summed E-state index contributed by atoms with van der Waals surface area (Å²) in [5, 5.41) is 0.725. The molecule has 0 saturated carbocycles. The minimum atomic E-state index is 0.630. The fourth-order valence-electron chi connectivity index (χ4n) is 2.71. The van der Waals surface area contributed by atoms with E-state index < -0.39 is 0 Å². The van der Waals surface area contributed by atoms with Gasteiger partial charge in [-0.25, -0.2) is 0 Å². The number of benzene rings is 1. The summed E-state index contributed by atoms with van der Waals surface area (Å²) in [5.74, 6) is 0.847. The van der Waals surface area contributed by atoms with Gasteiger partial charge < -0.3 is 14.2 Å². The highest BCUT2D eigenvalue weighted by Crippen LogP contribution is 2.16. The molecular weight excluding hydrogens is 320 g/mol. The van der Waals surface area contributed by atoms with Crippen LogP contribution < -0.4 is 4.74 Å². The van der Waals surface area contributed by atoms with Gasteiger partial charge in [-0.3, -0.25) is 0 Å². The van der Waals surface area contributed by atoms with Gasteiger partial charge in [-0.05, 0) is 61.5 Å². The van der Waals surface area contributed by atoms with Gasteiger partial charge in [0.15, 0.2) is 0 Å². The zero-order valence-electron chi connectivity index (χ0n) is 14.0. The molecular formula is C20H23ClN2O. The summed E-state index contributed by atoms with van der Waals surface area (Å²) in [5.41, 5.74) is 2.62. The summed E-state index contributed by atoms with van der Waals surface area (Å²) in [7, 11) is 2.16. The second-order valence-corrected chi connectivity index (χ2v) is 6.49. The van der Waals surface area contributed by atoms with Crippen molar-refractivity contribution in [2.45, 2.75) is 13.0 Å². The fourth-order valence-corrected chi connectivity index (χ4v) is 2.83. The van der Waals surface area contributed by atoms with Gasteiger partial charge in [0.1, 0.15) is 12.4 Å². The fraction of sp³-hybridized carbons (Fsp3) is 0.300. The van der Waals surface area contributed by atoms with Gasteiger partial charge >= 0.3 is 0 Å². The van der Waals surface area contributed by atoms with E-state index in [4.69, 9.17) is 16.3 Å². The molecule has 126 valence electrons. The first-order chi connectivity index (χ1) is 11.7. The summed E-state index contributed by atoms with van der Waals surface area (Å²) in [6, 6.07) is 11.7. The Balaban J connectivity index is 1.54. The Hall–Kier alpha value is -1.97. The molecule has 1 aliphatic rings. The lowest BCUT2D eigenvalue weighted by atomic mass is 10.1. The molecule has 3 nitrogen and oxygen atoms in total. The zero-order valence-corrected chi connectivity index (χ0v) is 14.7. The summed E-state index contributed by atoms with van der Waals surface area (Å²) in [6.07, 6.45) is 9.94. The van der Waals surface area contributed by atoms with E-state index in [2.05, 4.69) is 53.1 Å². The topological polar surface area (TPSA) is 17.4 Å². The highest BCUT2D eigenvalue weighted by atomic mass is 35.5. The van der Waals surface area contributed by atoms with E-state index in [0.29, 0.717) is 6.61 Å². The minimum absolute atomic E-state index is 0.630. The Kier molecular flexibility index (Phi) is 5.78. The molecule has 0 saturated heterocycles. The summed E-state index contributed by atoms with van der Waals surface area (Å²) in [6.45, 7) is 3.61. The maximum atomic E-state index is 5.88. The maximum absolute atomic E-state index is 5.88. The molecule has 0 bridgehead atoms. The standard InChI is InChI=1S/C20H23ClN2O/c1-22-13-10-17(11-14-22)4-7-19-3-2-12-23(19)15-16-24-20-8-5-18(21)6-9-20/h2-10,12H,11,13-16H2,1H3/b7-4+. The highest BCUT2D eigenvalue weighted by molar-refractivity contribution is 6.30. The average Bonchev–Trinajstić information content (AvgIpc) is 3.04. The van der Waals surface area contributed by atoms with Crippen molar-refractivity contribution < 1.29 is 4.74 Å². The largest absolute Gasteiger partial charge is 0.492 e. The Morgan fingerprint density at radius 3 is 2.75 bits per heavy atom. The number of halogens is 1. The molecule has 4 heteroatoms. The molecule has 1 aliphatic heterocycles. The molecule has 1 aromatic carbocycles. The van der Waals surface area contributed by atoms with Crippen LogP contribution in [0, 0.1) is 0 Å². The van der Waals surface area contributed by atoms with Gasteiger partial charge in [0, 0.05) is 30.0 Å². The molecule has 1 aromatic heterocycles. The Bertz CT molecular complexity index is 715. The second-order valence-electron chi connectivity index (χ2n) is 6.05. The molecule has 0 atom stereocenters. The first-order valence-electron chi connectivity index (χ1n) is 8.30. The third kappa shape index (κ3) is 4.76. The van der Waals surface area contributed by atoms with E-state index in [0.717, 1.165) is 36.8 Å². The number of ether oxygens (including phenoxy) is 1. The molecule has 2 heterocycles. The molecule has 0 radical (unpaired) electrons. The molecule has 0 N–H and O–H groups in total. The molecule has 0 aliphatic carbocycles. The van der Waals surface area contributed by atoms with Gasteiger partial charge in [-0.15, -0.1) is 0 Å². The van der Waals surface area contributed by atoms with Crippen molar-refractivity contribution >= 4 is 17.7 Å². The molecule has 0 fully saturated rings. The molecule has 2 aromatic rings. The van der Waals surface area contributed by atoms with Crippen LogP contribution in [0.1, 0.15) is 12.1 Å². The first-order valence-corrected chi connectivity index (χ1v) is 8.68. The zero-order chi connectivity index (χ0) is 16.8. The first kappa shape index (κ1) is 16.9. The minimum Gasteiger partial charge on any atom is -0.492 e. The summed E-state index contributed by atoms with van der Waals surface area (Å²) < 4.78 is 7.99. The lowest BCUT2D eigenvalue weighted by molar-refractivity contribution is 0.298. The van der Waals surface area contributed by atoms with Crippen molar-refractivity contribution in [3.8, 4) is 5.75 Å². The smallest absolute Gasteiger partial charge is 0.119 e. The number of hydrogen-bond donors (Lipinski definition) is 0. The van der Waals surface area contributed by atoms with Crippen molar-refractivity contribution in [3.63, 3.8) is 0 Å². The predicted octanol–water partition coefficient (Wildman–Crippen LogP) is 4.50. The van der Waals surface area contributed by atoms with Gasteiger partial charge in [0.05, 0.1) is 6.54 Å². The lowest BCUT2D eigenvalue weighted by Crippen LogP contribution is -2.23. The van der Waals surface area contributed by atoms with Crippen molar-refractivity contribution in [2.24, 2.45) is 0 Å². The number of hydrogen-bond acceptors (Lipinski definition) is 2. The normalized spacial score (nSPS) is 15.7. The van der Waals surface area contributed by atoms with E-state index in [1.54, 1.807) is 0 Å². The van der Waals surface area contributed by atoms with Crippen LogP contribution in [0.2, 0.25) is 5.02 Å². The van der Waals surface area contributed by atoms with Gasteiger partial charge in [-0.2, -0.15) is 0 Å². The SMILES string of the molecule is CN1CC=C(/C=C/c2cccn2CCOc2ccc(Cl)cc2)CC1.